The molecule has 0 bridgehead atoms. The van der Waals surface area contributed by atoms with Crippen molar-refractivity contribution in [3.05, 3.63) is 28.7 Å². The predicted molar refractivity (Wildman–Crippen MR) is 46.6 cm³/mol. The zero-order valence-corrected chi connectivity index (χ0v) is 7.54. The molecule has 7 heteroatoms. The van der Waals surface area contributed by atoms with Crippen molar-refractivity contribution < 1.29 is 17.4 Å². The summed E-state index contributed by atoms with van der Waals surface area (Å²) >= 11 is 0. The van der Waals surface area contributed by atoms with Crippen molar-refractivity contribution in [2.75, 3.05) is 0 Å². The van der Waals surface area contributed by atoms with Crippen LogP contribution in [0.1, 0.15) is 0 Å². The third-order valence-electron chi connectivity index (χ3n) is 1.69. The van der Waals surface area contributed by atoms with Crippen LogP contribution in [0.5, 0.6) is 0 Å². The molecule has 0 radical (unpaired) electrons. The highest BCUT2D eigenvalue weighted by molar-refractivity contribution is 7.85. The number of rotatable bonds is 1. The lowest BCUT2D eigenvalue weighted by Crippen LogP contribution is -1.96. The number of aromatic nitrogens is 1. The van der Waals surface area contributed by atoms with Gasteiger partial charge in [0.25, 0.3) is 10.1 Å². The lowest BCUT2D eigenvalue weighted by Gasteiger charge is -1.94. The Labute approximate surface area is 77.9 Å². The Balaban J connectivity index is 2.80. The van der Waals surface area contributed by atoms with E-state index in [1.807, 2.05) is 0 Å². The number of nitrogens with one attached hydrogen (secondary N) is 1. The van der Waals surface area contributed by atoms with Gasteiger partial charge in [0.05, 0.1) is 10.4 Å². The number of oxazole rings is 1. The first-order chi connectivity index (χ1) is 6.47. The SMILES string of the molecule is O=c1[nH]c2ccc(S(=O)(=O)O)cc2o1. The first-order valence-corrected chi connectivity index (χ1v) is 5.01. The summed E-state index contributed by atoms with van der Waals surface area (Å²) in [7, 11) is -4.26. The minimum absolute atomic E-state index is 0.0881. The summed E-state index contributed by atoms with van der Waals surface area (Å²) in [5.74, 6) is -0.674. The van der Waals surface area contributed by atoms with E-state index < -0.39 is 15.9 Å². The van der Waals surface area contributed by atoms with Crippen molar-refractivity contribution >= 4 is 21.2 Å². The third-order valence-corrected chi connectivity index (χ3v) is 2.54. The summed E-state index contributed by atoms with van der Waals surface area (Å²) in [5.41, 5.74) is 0.465. The normalized spacial score (nSPS) is 12.1. The van der Waals surface area contributed by atoms with Gasteiger partial charge >= 0.3 is 5.76 Å². The molecule has 2 aromatic rings. The maximum absolute atomic E-state index is 10.7. The van der Waals surface area contributed by atoms with Crippen LogP contribution in [0.15, 0.2) is 32.3 Å². The van der Waals surface area contributed by atoms with Gasteiger partial charge in [-0.05, 0) is 12.1 Å². The fourth-order valence-corrected chi connectivity index (χ4v) is 1.58. The van der Waals surface area contributed by atoms with Crippen LogP contribution < -0.4 is 5.76 Å². The average molecular weight is 215 g/mol. The Morgan fingerprint density at radius 2 is 2.07 bits per heavy atom. The molecule has 0 amide bonds. The van der Waals surface area contributed by atoms with Gasteiger partial charge < -0.3 is 4.42 Å². The van der Waals surface area contributed by atoms with Crippen LogP contribution in [0, 0.1) is 0 Å². The van der Waals surface area contributed by atoms with E-state index in [0.717, 1.165) is 6.07 Å². The summed E-state index contributed by atoms with van der Waals surface area (Å²) in [6.07, 6.45) is 0. The summed E-state index contributed by atoms with van der Waals surface area (Å²) in [6.45, 7) is 0. The monoisotopic (exact) mass is 215 g/mol. The van der Waals surface area contributed by atoms with Crippen molar-refractivity contribution in [2.24, 2.45) is 0 Å². The van der Waals surface area contributed by atoms with Crippen molar-refractivity contribution in [3.63, 3.8) is 0 Å². The molecule has 1 aromatic heterocycles. The highest BCUT2D eigenvalue weighted by Crippen LogP contribution is 2.15. The molecular formula is C7H5NO5S. The fraction of sp³-hybridized carbons (Fsp3) is 0. The highest BCUT2D eigenvalue weighted by Gasteiger charge is 2.11. The van der Waals surface area contributed by atoms with Gasteiger partial charge in [-0.2, -0.15) is 8.42 Å². The molecule has 6 nitrogen and oxygen atoms in total. The highest BCUT2D eigenvalue weighted by atomic mass is 32.2. The molecule has 2 N–H and O–H groups in total. The number of hydrogen-bond donors (Lipinski definition) is 2. The van der Waals surface area contributed by atoms with Crippen LogP contribution in [0.25, 0.3) is 11.1 Å². The largest absolute Gasteiger partial charge is 0.417 e. The van der Waals surface area contributed by atoms with E-state index in [1.165, 1.54) is 12.1 Å². The molecule has 0 fully saturated rings. The van der Waals surface area contributed by atoms with Gasteiger partial charge in [-0.15, -0.1) is 0 Å². The van der Waals surface area contributed by atoms with Gasteiger partial charge in [0.2, 0.25) is 0 Å². The van der Waals surface area contributed by atoms with Crippen LogP contribution in [0.3, 0.4) is 0 Å². The standard InChI is InChI=1S/C7H5NO5S/c9-7-8-5-2-1-4(14(10,11)12)3-6(5)13-7/h1-3H,(H,8,9)(H,10,11,12). The molecule has 74 valence electrons. The van der Waals surface area contributed by atoms with Crippen LogP contribution in [-0.2, 0) is 10.1 Å². The van der Waals surface area contributed by atoms with Crippen molar-refractivity contribution in [3.8, 4) is 0 Å². The molecule has 0 saturated heterocycles. The van der Waals surface area contributed by atoms with E-state index in [2.05, 4.69) is 9.40 Å². The van der Waals surface area contributed by atoms with Crippen LogP contribution >= 0.6 is 0 Å². The molecule has 2 rings (SSSR count). The molecule has 0 saturated carbocycles. The zero-order valence-electron chi connectivity index (χ0n) is 6.72. The van der Waals surface area contributed by atoms with Crippen LogP contribution in [-0.4, -0.2) is 18.0 Å². The smallest absolute Gasteiger partial charge is 0.408 e. The lowest BCUT2D eigenvalue weighted by atomic mass is 10.3. The number of H-pyrrole nitrogens is 1. The van der Waals surface area contributed by atoms with E-state index in [0.29, 0.717) is 5.52 Å². The molecule has 14 heavy (non-hydrogen) atoms. The third kappa shape index (κ3) is 1.42. The first-order valence-electron chi connectivity index (χ1n) is 3.57. The van der Waals surface area contributed by atoms with E-state index in [9.17, 15) is 13.2 Å². The first kappa shape index (κ1) is 8.97. The van der Waals surface area contributed by atoms with Crippen molar-refractivity contribution in [1.82, 2.24) is 4.98 Å². The molecule has 0 spiro atoms. The van der Waals surface area contributed by atoms with Crippen molar-refractivity contribution in [2.45, 2.75) is 4.90 Å². The summed E-state index contributed by atoms with van der Waals surface area (Å²) < 4.78 is 34.7. The lowest BCUT2D eigenvalue weighted by molar-refractivity contribution is 0.482. The molecule has 0 unspecified atom stereocenters. The molecule has 0 aliphatic carbocycles. The van der Waals surface area contributed by atoms with Gasteiger partial charge in [0.15, 0.2) is 5.58 Å². The topological polar surface area (TPSA) is 100 Å². The maximum atomic E-state index is 10.7. The summed E-state index contributed by atoms with van der Waals surface area (Å²) in [5, 5.41) is 0. The van der Waals surface area contributed by atoms with Gasteiger partial charge in [-0.25, -0.2) is 4.79 Å². The second kappa shape index (κ2) is 2.69. The molecular weight excluding hydrogens is 210 g/mol. The Hall–Kier alpha value is -1.60. The Morgan fingerprint density at radius 1 is 1.36 bits per heavy atom. The van der Waals surface area contributed by atoms with Crippen LogP contribution in [0.4, 0.5) is 0 Å². The number of aromatic amines is 1. The van der Waals surface area contributed by atoms with Crippen LogP contribution in [0.2, 0.25) is 0 Å². The molecule has 0 aliphatic heterocycles. The minimum atomic E-state index is -4.26. The Bertz CT molecular complexity index is 635. The fourth-order valence-electron chi connectivity index (χ4n) is 1.09. The van der Waals surface area contributed by atoms with Gasteiger partial charge in [0.1, 0.15) is 0 Å². The molecule has 1 heterocycles. The number of benzene rings is 1. The van der Waals surface area contributed by atoms with E-state index in [1.54, 1.807) is 0 Å². The van der Waals surface area contributed by atoms with Gasteiger partial charge in [0, 0.05) is 6.07 Å². The molecule has 1 aromatic carbocycles. The van der Waals surface area contributed by atoms with E-state index in [-0.39, 0.29) is 10.5 Å². The van der Waals surface area contributed by atoms with Gasteiger partial charge in [-0.1, -0.05) is 0 Å². The predicted octanol–water partition coefficient (Wildman–Crippen LogP) is 0.368. The zero-order chi connectivity index (χ0) is 10.3. The summed E-state index contributed by atoms with van der Waals surface area (Å²) in [4.78, 5) is 12.7. The van der Waals surface area contributed by atoms with Crippen molar-refractivity contribution in [1.29, 1.82) is 0 Å². The second-order valence-electron chi connectivity index (χ2n) is 2.65. The quantitative estimate of drug-likeness (QED) is 0.669. The minimum Gasteiger partial charge on any atom is -0.408 e. The second-order valence-corrected chi connectivity index (χ2v) is 4.07. The van der Waals surface area contributed by atoms with E-state index >= 15 is 0 Å². The molecule has 0 aliphatic rings. The average Bonchev–Trinajstić information content (AvgIpc) is 2.41. The summed E-state index contributed by atoms with van der Waals surface area (Å²) in [6, 6.07) is 3.58. The Morgan fingerprint density at radius 3 is 2.71 bits per heavy atom. The maximum Gasteiger partial charge on any atom is 0.417 e. The number of hydrogen-bond acceptors (Lipinski definition) is 4. The van der Waals surface area contributed by atoms with Gasteiger partial charge in [-0.3, -0.25) is 9.54 Å². The number of fused-ring (bicyclic) bond motifs is 1. The van der Waals surface area contributed by atoms with E-state index in [4.69, 9.17) is 4.55 Å². The Kier molecular flexibility index (Phi) is 1.73. The molecule has 0 atom stereocenters.